The summed E-state index contributed by atoms with van der Waals surface area (Å²) in [6, 6.07) is 8.68. The molecule has 1 aromatic carbocycles. The van der Waals surface area contributed by atoms with E-state index in [2.05, 4.69) is 61.1 Å². The zero-order valence-electron chi connectivity index (χ0n) is 13.9. The van der Waals surface area contributed by atoms with E-state index < -0.39 is 0 Å². The second-order valence-electron chi connectivity index (χ2n) is 5.57. The van der Waals surface area contributed by atoms with E-state index in [1.807, 2.05) is 13.1 Å². The predicted molar refractivity (Wildman–Crippen MR) is 94.6 cm³/mol. The average Bonchev–Trinajstić information content (AvgIpc) is 2.49. The van der Waals surface area contributed by atoms with Crippen LogP contribution in [0.4, 0.5) is 0 Å². The van der Waals surface area contributed by atoms with Crippen LogP contribution in [0.15, 0.2) is 43.0 Å². The van der Waals surface area contributed by atoms with Crippen LogP contribution in [0.2, 0.25) is 0 Å². The first kappa shape index (κ1) is 17.7. The second-order valence-corrected chi connectivity index (χ2v) is 5.57. The van der Waals surface area contributed by atoms with Gasteiger partial charge in [-0.15, -0.1) is 6.58 Å². The zero-order chi connectivity index (χ0) is 15.5. The van der Waals surface area contributed by atoms with Gasteiger partial charge in [0.15, 0.2) is 0 Å². The molecule has 0 spiro atoms. The van der Waals surface area contributed by atoms with Crippen LogP contribution >= 0.6 is 0 Å². The van der Waals surface area contributed by atoms with E-state index in [-0.39, 0.29) is 0 Å². The molecular formula is C19H30N2. The molecule has 0 amide bonds. The summed E-state index contributed by atoms with van der Waals surface area (Å²) < 4.78 is 0. The molecule has 0 aromatic heterocycles. The van der Waals surface area contributed by atoms with Crippen molar-refractivity contribution in [2.75, 3.05) is 33.7 Å². The minimum absolute atomic E-state index is 1.04. The summed E-state index contributed by atoms with van der Waals surface area (Å²) in [4.78, 5) is 2.39. The Labute approximate surface area is 130 Å². The van der Waals surface area contributed by atoms with E-state index in [9.17, 15) is 0 Å². The summed E-state index contributed by atoms with van der Waals surface area (Å²) in [6.45, 7) is 9.23. The number of hydrogen-bond acceptors (Lipinski definition) is 2. The van der Waals surface area contributed by atoms with Gasteiger partial charge in [-0.3, -0.25) is 0 Å². The second kappa shape index (κ2) is 10.4. The number of unbranched alkanes of at least 4 members (excludes halogenated alkanes) is 1. The number of benzene rings is 1. The van der Waals surface area contributed by atoms with Gasteiger partial charge >= 0.3 is 0 Å². The topological polar surface area (TPSA) is 15.3 Å². The van der Waals surface area contributed by atoms with Crippen molar-refractivity contribution in [2.24, 2.45) is 0 Å². The molecule has 0 bridgehead atoms. The van der Waals surface area contributed by atoms with Crippen LogP contribution < -0.4 is 5.32 Å². The first-order valence-corrected chi connectivity index (χ1v) is 7.88. The summed E-state index contributed by atoms with van der Waals surface area (Å²) in [5, 5.41) is 3.20. The summed E-state index contributed by atoms with van der Waals surface area (Å²) in [5.74, 6) is 0. The van der Waals surface area contributed by atoms with Gasteiger partial charge in [0.2, 0.25) is 0 Å². The number of hydrogen-bond donors (Lipinski definition) is 1. The number of likely N-dealkylation sites (N-methyl/N-ethyl adjacent to an activating group) is 2. The van der Waals surface area contributed by atoms with Crippen molar-refractivity contribution in [3.05, 3.63) is 54.1 Å². The highest BCUT2D eigenvalue weighted by molar-refractivity contribution is 5.68. The van der Waals surface area contributed by atoms with Gasteiger partial charge in [-0.2, -0.15) is 0 Å². The van der Waals surface area contributed by atoms with Crippen LogP contribution in [0, 0.1) is 6.92 Å². The predicted octanol–water partition coefficient (Wildman–Crippen LogP) is 3.89. The van der Waals surface area contributed by atoms with Crippen molar-refractivity contribution in [3.8, 4) is 0 Å². The molecule has 1 rings (SSSR count). The van der Waals surface area contributed by atoms with Crippen LogP contribution in [0.3, 0.4) is 0 Å². The third-order valence-electron chi connectivity index (χ3n) is 3.76. The van der Waals surface area contributed by atoms with Crippen LogP contribution in [-0.4, -0.2) is 38.6 Å². The Morgan fingerprint density at radius 3 is 2.67 bits per heavy atom. The van der Waals surface area contributed by atoms with E-state index in [1.165, 1.54) is 16.7 Å². The van der Waals surface area contributed by atoms with Gasteiger partial charge in [0.1, 0.15) is 0 Å². The van der Waals surface area contributed by atoms with Crippen molar-refractivity contribution in [2.45, 2.75) is 26.2 Å². The standard InChI is InChI=1S/C19H30N2/c1-5-6-7-11-18(13-15-21(4)16-14-20-3)19-12-9-8-10-17(19)2/h5,8-12,20H,1,6-7,13-16H2,2-4H3/b18-11-. The molecule has 0 radical (unpaired) electrons. The van der Waals surface area contributed by atoms with E-state index in [1.54, 1.807) is 0 Å². The Morgan fingerprint density at radius 1 is 1.24 bits per heavy atom. The molecule has 0 unspecified atom stereocenters. The van der Waals surface area contributed by atoms with Crippen molar-refractivity contribution < 1.29 is 0 Å². The molecule has 2 heteroatoms. The first-order chi connectivity index (χ1) is 10.2. The average molecular weight is 286 g/mol. The lowest BCUT2D eigenvalue weighted by Crippen LogP contribution is -2.28. The molecule has 0 aliphatic heterocycles. The van der Waals surface area contributed by atoms with Crippen LogP contribution in [-0.2, 0) is 0 Å². The van der Waals surface area contributed by atoms with E-state index in [0.717, 1.165) is 38.9 Å². The monoisotopic (exact) mass is 286 g/mol. The Bertz CT molecular complexity index is 449. The maximum Gasteiger partial charge on any atom is 0.0104 e. The maximum atomic E-state index is 3.81. The molecule has 0 heterocycles. The Morgan fingerprint density at radius 2 is 2.00 bits per heavy atom. The Balaban J connectivity index is 2.72. The van der Waals surface area contributed by atoms with Gasteiger partial charge in [-0.1, -0.05) is 36.4 Å². The molecule has 0 aliphatic carbocycles. The van der Waals surface area contributed by atoms with Crippen molar-refractivity contribution >= 4 is 5.57 Å². The smallest absolute Gasteiger partial charge is 0.0104 e. The number of allylic oxidation sites excluding steroid dienone is 2. The molecule has 0 aliphatic rings. The normalized spacial score (nSPS) is 11.9. The van der Waals surface area contributed by atoms with Gasteiger partial charge in [-0.05, 0) is 57.0 Å². The summed E-state index contributed by atoms with van der Waals surface area (Å²) >= 11 is 0. The fourth-order valence-electron chi connectivity index (χ4n) is 2.38. The number of rotatable bonds is 10. The lowest BCUT2D eigenvalue weighted by Gasteiger charge is -2.18. The Hall–Kier alpha value is -1.38. The van der Waals surface area contributed by atoms with Gasteiger partial charge in [0.05, 0.1) is 0 Å². The van der Waals surface area contributed by atoms with Gasteiger partial charge in [0, 0.05) is 19.6 Å². The maximum absolute atomic E-state index is 3.81. The number of aryl methyl sites for hydroxylation is 1. The highest BCUT2D eigenvalue weighted by Gasteiger charge is 2.06. The summed E-state index contributed by atoms with van der Waals surface area (Å²) in [6.07, 6.45) is 7.60. The highest BCUT2D eigenvalue weighted by Crippen LogP contribution is 2.23. The van der Waals surface area contributed by atoms with Crippen LogP contribution in [0.1, 0.15) is 30.4 Å². The van der Waals surface area contributed by atoms with E-state index >= 15 is 0 Å². The molecule has 21 heavy (non-hydrogen) atoms. The molecule has 0 fully saturated rings. The number of nitrogens with zero attached hydrogens (tertiary/aromatic N) is 1. The molecule has 0 saturated carbocycles. The molecule has 2 nitrogen and oxygen atoms in total. The van der Waals surface area contributed by atoms with Crippen molar-refractivity contribution in [3.63, 3.8) is 0 Å². The van der Waals surface area contributed by atoms with Crippen molar-refractivity contribution in [1.82, 2.24) is 10.2 Å². The molecule has 0 atom stereocenters. The molecule has 1 aromatic rings. The van der Waals surface area contributed by atoms with Crippen molar-refractivity contribution in [1.29, 1.82) is 0 Å². The third-order valence-corrected chi connectivity index (χ3v) is 3.76. The molecule has 0 saturated heterocycles. The summed E-state index contributed by atoms with van der Waals surface area (Å²) in [5.41, 5.74) is 4.22. The highest BCUT2D eigenvalue weighted by atomic mass is 15.1. The quantitative estimate of drug-likeness (QED) is 0.518. The lowest BCUT2D eigenvalue weighted by molar-refractivity contribution is 0.343. The summed E-state index contributed by atoms with van der Waals surface area (Å²) in [7, 11) is 4.19. The molecule has 116 valence electrons. The number of nitrogens with one attached hydrogen (secondary N) is 1. The minimum Gasteiger partial charge on any atom is -0.318 e. The molecule has 1 N–H and O–H groups in total. The van der Waals surface area contributed by atoms with Crippen LogP contribution in [0.25, 0.3) is 5.57 Å². The third kappa shape index (κ3) is 6.74. The largest absolute Gasteiger partial charge is 0.318 e. The van der Waals surface area contributed by atoms with Gasteiger partial charge < -0.3 is 10.2 Å². The van der Waals surface area contributed by atoms with Gasteiger partial charge in [0.25, 0.3) is 0 Å². The lowest BCUT2D eigenvalue weighted by atomic mass is 9.96. The minimum atomic E-state index is 1.04. The van der Waals surface area contributed by atoms with Crippen LogP contribution in [0.5, 0.6) is 0 Å². The molecular weight excluding hydrogens is 256 g/mol. The first-order valence-electron chi connectivity index (χ1n) is 7.88. The fraction of sp³-hybridized carbons (Fsp3) is 0.474. The van der Waals surface area contributed by atoms with E-state index in [0.29, 0.717) is 0 Å². The SMILES string of the molecule is C=CCC/C=C(/CCN(C)CCNC)c1ccccc1C. The van der Waals surface area contributed by atoms with E-state index in [4.69, 9.17) is 0 Å². The fourth-order valence-corrected chi connectivity index (χ4v) is 2.38. The van der Waals surface area contributed by atoms with Gasteiger partial charge in [-0.25, -0.2) is 0 Å². The zero-order valence-corrected chi connectivity index (χ0v) is 13.9. The Kier molecular flexibility index (Phi) is 8.72.